The minimum atomic E-state index is -0.837. The van der Waals surface area contributed by atoms with E-state index in [1.807, 2.05) is 16.6 Å². The van der Waals surface area contributed by atoms with Crippen molar-refractivity contribution in [3.05, 3.63) is 18.0 Å². The summed E-state index contributed by atoms with van der Waals surface area (Å²) < 4.78 is 1.90. The van der Waals surface area contributed by atoms with E-state index in [2.05, 4.69) is 27.0 Å². The Morgan fingerprint density at radius 3 is 2.80 bits per heavy atom. The van der Waals surface area contributed by atoms with Gasteiger partial charge in [0.2, 0.25) is 5.91 Å². The number of rotatable bonds is 5. The number of likely N-dealkylation sites (N-methyl/N-ethyl adjacent to an activating group) is 1. The molecular formula is C21H31N7O2. The molecule has 162 valence electrons. The standard InChI is InChI=1S/C21H31N7O2/c1-15(29)26-10-4-3-9-21(30,14-26)13-25(2)17-11-27(12-17)19-8-7-18-22-23-20(16-5-6-16)28(18)24-19/h7-8,16-17,30H,3-6,9-14H2,1-2H3. The zero-order valence-electron chi connectivity index (χ0n) is 17.9. The highest BCUT2D eigenvalue weighted by atomic mass is 16.3. The van der Waals surface area contributed by atoms with E-state index in [0.717, 1.165) is 56.2 Å². The van der Waals surface area contributed by atoms with Gasteiger partial charge in [-0.15, -0.1) is 15.3 Å². The molecule has 0 radical (unpaired) electrons. The lowest BCUT2D eigenvalue weighted by molar-refractivity contribution is -0.132. The molecule has 4 heterocycles. The van der Waals surface area contributed by atoms with E-state index in [4.69, 9.17) is 5.10 Å². The Labute approximate surface area is 176 Å². The van der Waals surface area contributed by atoms with Crippen LogP contribution in [0, 0.1) is 0 Å². The third-order valence-electron chi connectivity index (χ3n) is 6.82. The van der Waals surface area contributed by atoms with Crippen molar-refractivity contribution in [2.24, 2.45) is 0 Å². The van der Waals surface area contributed by atoms with Crippen LogP contribution in [0.5, 0.6) is 0 Å². The second-order valence-corrected chi connectivity index (χ2v) is 9.39. The molecule has 30 heavy (non-hydrogen) atoms. The Balaban J connectivity index is 1.21. The van der Waals surface area contributed by atoms with Gasteiger partial charge in [-0.05, 0) is 51.3 Å². The molecule has 9 nitrogen and oxygen atoms in total. The van der Waals surface area contributed by atoms with E-state index in [1.165, 1.54) is 12.8 Å². The van der Waals surface area contributed by atoms with Crippen LogP contribution in [0.1, 0.15) is 50.8 Å². The van der Waals surface area contributed by atoms with Gasteiger partial charge in [-0.1, -0.05) is 0 Å². The summed E-state index contributed by atoms with van der Waals surface area (Å²) in [7, 11) is 2.07. The Hall–Kier alpha value is -2.26. The second-order valence-electron chi connectivity index (χ2n) is 9.39. The summed E-state index contributed by atoms with van der Waals surface area (Å²) in [5.41, 5.74) is -0.0312. The SMILES string of the molecule is CC(=O)N1CCCCC(O)(CN(C)C2CN(c3ccc4nnc(C5CC5)n4n3)C2)C1. The molecule has 2 aliphatic heterocycles. The van der Waals surface area contributed by atoms with Crippen molar-refractivity contribution in [2.45, 2.75) is 56.6 Å². The molecule has 1 atom stereocenters. The lowest BCUT2D eigenvalue weighted by atomic mass is 9.95. The Bertz CT molecular complexity index is 937. The number of aliphatic hydroxyl groups is 1. The lowest BCUT2D eigenvalue weighted by Gasteiger charge is -2.47. The number of β-amino-alcohol motifs (C(OH)–C–C–N with tert-alkyl or cyclic N) is 1. The van der Waals surface area contributed by atoms with E-state index in [9.17, 15) is 9.90 Å². The molecule has 0 aromatic carbocycles. The fourth-order valence-corrected chi connectivity index (χ4v) is 4.74. The van der Waals surface area contributed by atoms with Crippen molar-refractivity contribution in [2.75, 3.05) is 44.7 Å². The van der Waals surface area contributed by atoms with Crippen LogP contribution in [0.25, 0.3) is 5.65 Å². The number of carbonyl (C=O) groups excluding carboxylic acids is 1. The average molecular weight is 414 g/mol. The van der Waals surface area contributed by atoms with Crippen molar-refractivity contribution in [3.8, 4) is 0 Å². The summed E-state index contributed by atoms with van der Waals surface area (Å²) in [6, 6.07) is 4.37. The van der Waals surface area contributed by atoms with Gasteiger partial charge < -0.3 is 14.9 Å². The first kappa shape index (κ1) is 19.7. The van der Waals surface area contributed by atoms with Gasteiger partial charge >= 0.3 is 0 Å². The van der Waals surface area contributed by atoms with Crippen LogP contribution in [0.4, 0.5) is 5.82 Å². The number of hydrogen-bond donors (Lipinski definition) is 1. The summed E-state index contributed by atoms with van der Waals surface area (Å²) in [5.74, 6) is 2.48. The van der Waals surface area contributed by atoms with Crippen LogP contribution in [-0.4, -0.2) is 92.0 Å². The molecule has 0 spiro atoms. The van der Waals surface area contributed by atoms with Crippen LogP contribution >= 0.6 is 0 Å². The normalized spacial score (nSPS) is 25.6. The van der Waals surface area contributed by atoms with E-state index in [-0.39, 0.29) is 5.91 Å². The minimum Gasteiger partial charge on any atom is -0.387 e. The third kappa shape index (κ3) is 3.76. The maximum Gasteiger partial charge on any atom is 0.219 e. The molecule has 1 N–H and O–H groups in total. The molecule has 2 aromatic heterocycles. The van der Waals surface area contributed by atoms with Gasteiger partial charge in [-0.25, -0.2) is 0 Å². The minimum absolute atomic E-state index is 0.0498. The van der Waals surface area contributed by atoms with Gasteiger partial charge in [0.05, 0.1) is 12.1 Å². The van der Waals surface area contributed by atoms with E-state index in [0.29, 0.717) is 25.0 Å². The van der Waals surface area contributed by atoms with Crippen molar-refractivity contribution >= 4 is 17.4 Å². The number of aromatic nitrogens is 4. The van der Waals surface area contributed by atoms with Gasteiger partial charge in [0.1, 0.15) is 5.82 Å². The number of amides is 1. The van der Waals surface area contributed by atoms with E-state index < -0.39 is 5.60 Å². The molecule has 2 aromatic rings. The molecule has 5 rings (SSSR count). The number of anilines is 1. The monoisotopic (exact) mass is 413 g/mol. The lowest BCUT2D eigenvalue weighted by Crippen LogP contribution is -2.62. The first-order valence-electron chi connectivity index (χ1n) is 11.1. The van der Waals surface area contributed by atoms with Gasteiger partial charge in [-0.2, -0.15) is 4.52 Å². The van der Waals surface area contributed by atoms with Gasteiger partial charge in [0.15, 0.2) is 11.5 Å². The summed E-state index contributed by atoms with van der Waals surface area (Å²) >= 11 is 0. The molecule has 0 bridgehead atoms. The first-order chi connectivity index (χ1) is 14.4. The van der Waals surface area contributed by atoms with Gasteiger partial charge in [-0.3, -0.25) is 9.69 Å². The van der Waals surface area contributed by atoms with Crippen LogP contribution in [0.3, 0.4) is 0 Å². The maximum atomic E-state index is 11.8. The fraction of sp³-hybridized carbons (Fsp3) is 0.714. The summed E-state index contributed by atoms with van der Waals surface area (Å²) in [4.78, 5) is 18.1. The zero-order chi connectivity index (χ0) is 20.9. The summed E-state index contributed by atoms with van der Waals surface area (Å²) in [6.07, 6.45) is 5.01. The van der Waals surface area contributed by atoms with Crippen molar-refractivity contribution in [3.63, 3.8) is 0 Å². The Morgan fingerprint density at radius 1 is 1.27 bits per heavy atom. The Morgan fingerprint density at radius 2 is 2.07 bits per heavy atom. The zero-order valence-corrected chi connectivity index (χ0v) is 17.9. The molecule has 1 saturated carbocycles. The van der Waals surface area contributed by atoms with Crippen molar-refractivity contribution in [1.29, 1.82) is 0 Å². The highest BCUT2D eigenvalue weighted by Gasteiger charge is 2.38. The molecular weight excluding hydrogens is 382 g/mol. The quantitative estimate of drug-likeness (QED) is 0.778. The number of fused-ring (bicyclic) bond motifs is 1. The van der Waals surface area contributed by atoms with Crippen molar-refractivity contribution < 1.29 is 9.90 Å². The highest BCUT2D eigenvalue weighted by molar-refractivity contribution is 5.73. The summed E-state index contributed by atoms with van der Waals surface area (Å²) in [5, 5.41) is 24.5. The van der Waals surface area contributed by atoms with Gasteiger partial charge in [0.25, 0.3) is 0 Å². The van der Waals surface area contributed by atoms with Crippen molar-refractivity contribution in [1.82, 2.24) is 29.6 Å². The van der Waals surface area contributed by atoms with E-state index >= 15 is 0 Å². The van der Waals surface area contributed by atoms with Crippen LogP contribution in [0.15, 0.2) is 12.1 Å². The topological polar surface area (TPSA) is 90.1 Å². The molecule has 3 aliphatic rings. The largest absolute Gasteiger partial charge is 0.387 e. The highest BCUT2D eigenvalue weighted by Crippen LogP contribution is 2.39. The molecule has 1 aliphatic carbocycles. The van der Waals surface area contributed by atoms with Crippen LogP contribution < -0.4 is 4.90 Å². The number of nitrogens with zero attached hydrogens (tertiary/aromatic N) is 7. The maximum absolute atomic E-state index is 11.8. The number of hydrogen-bond acceptors (Lipinski definition) is 7. The second kappa shape index (κ2) is 7.46. The average Bonchev–Trinajstić information content (AvgIpc) is 3.44. The smallest absolute Gasteiger partial charge is 0.219 e. The Kier molecular flexibility index (Phi) is 4.89. The molecule has 1 amide bonds. The van der Waals surface area contributed by atoms with Gasteiger partial charge in [0, 0.05) is 45.1 Å². The van der Waals surface area contributed by atoms with E-state index in [1.54, 1.807) is 11.8 Å². The first-order valence-corrected chi connectivity index (χ1v) is 11.1. The molecule has 1 unspecified atom stereocenters. The van der Waals surface area contributed by atoms with Crippen LogP contribution in [-0.2, 0) is 4.79 Å². The number of carbonyl (C=O) groups is 1. The molecule has 2 saturated heterocycles. The third-order valence-corrected chi connectivity index (χ3v) is 6.82. The predicted octanol–water partition coefficient (Wildman–Crippen LogP) is 0.886. The molecule has 3 fully saturated rings. The fourth-order valence-electron chi connectivity index (χ4n) is 4.74. The predicted molar refractivity (Wildman–Crippen MR) is 112 cm³/mol. The van der Waals surface area contributed by atoms with Crippen LogP contribution in [0.2, 0.25) is 0 Å². The number of likely N-dealkylation sites (tertiary alicyclic amines) is 1. The molecule has 9 heteroatoms. The summed E-state index contributed by atoms with van der Waals surface area (Å²) in [6.45, 7) is 5.11.